The molecule has 144 valence electrons. The van der Waals surface area contributed by atoms with Crippen LogP contribution in [0.3, 0.4) is 0 Å². The lowest BCUT2D eigenvalue weighted by Crippen LogP contribution is -2.15. The van der Waals surface area contributed by atoms with Crippen molar-refractivity contribution in [2.24, 2.45) is 0 Å². The molecule has 3 rings (SSSR count). The van der Waals surface area contributed by atoms with Gasteiger partial charge in [0.1, 0.15) is 12.4 Å². The van der Waals surface area contributed by atoms with Crippen LogP contribution in [0, 0.1) is 0 Å². The van der Waals surface area contributed by atoms with Gasteiger partial charge in [0.05, 0.1) is 0 Å². The van der Waals surface area contributed by atoms with Crippen LogP contribution in [0.4, 0.5) is 0 Å². The second-order valence-corrected chi connectivity index (χ2v) is 6.54. The zero-order valence-electron chi connectivity index (χ0n) is 16.3. The van der Waals surface area contributed by atoms with Crippen molar-refractivity contribution in [3.63, 3.8) is 0 Å². The highest BCUT2D eigenvalue weighted by Crippen LogP contribution is 2.34. The monoisotopic (exact) mass is 373 g/mol. The van der Waals surface area contributed by atoms with Crippen molar-refractivity contribution in [3.05, 3.63) is 102 Å². The zero-order valence-corrected chi connectivity index (χ0v) is 16.3. The van der Waals surface area contributed by atoms with E-state index in [9.17, 15) is 5.11 Å². The maximum absolute atomic E-state index is 9.75. The molecule has 0 aliphatic heterocycles. The van der Waals surface area contributed by atoms with Crippen molar-refractivity contribution in [3.8, 4) is 5.75 Å². The summed E-state index contributed by atoms with van der Waals surface area (Å²) >= 11 is 0. The van der Waals surface area contributed by atoms with Gasteiger partial charge in [0.2, 0.25) is 0 Å². The topological polar surface area (TPSA) is 41.5 Å². The summed E-state index contributed by atoms with van der Waals surface area (Å²) in [6.07, 6.45) is 0.592. The summed E-state index contributed by atoms with van der Waals surface area (Å²) < 4.78 is 5.76. The average molecular weight is 373 g/mol. The van der Waals surface area contributed by atoms with E-state index >= 15 is 0 Å². The predicted octanol–water partition coefficient (Wildman–Crippen LogP) is 4.63. The number of aliphatic hydroxyl groups is 1. The summed E-state index contributed by atoms with van der Waals surface area (Å²) in [6.45, 7) is 1.55. The summed E-state index contributed by atoms with van der Waals surface area (Å²) in [5, 5.41) is 12.8. The van der Waals surface area contributed by atoms with Crippen LogP contribution in [0.5, 0.6) is 5.75 Å². The second-order valence-electron chi connectivity index (χ2n) is 6.54. The summed E-state index contributed by atoms with van der Waals surface area (Å²) in [5.41, 5.74) is 5.66. The number of hydrogen-bond donors (Lipinski definition) is 2. The molecule has 0 aliphatic rings. The Morgan fingerprint density at radius 3 is 1.93 bits per heavy atom. The molecule has 0 fully saturated rings. The van der Waals surface area contributed by atoms with E-state index < -0.39 is 0 Å². The Labute approximate surface area is 167 Å². The SMILES string of the molecule is CNCCOc1ccc(C(=C(CCO)c2ccccc2)c2ccccc2)cc1. The van der Waals surface area contributed by atoms with Crippen molar-refractivity contribution in [2.45, 2.75) is 6.42 Å². The van der Waals surface area contributed by atoms with Crippen LogP contribution in [-0.2, 0) is 0 Å². The molecule has 0 aromatic heterocycles. The van der Waals surface area contributed by atoms with Crippen LogP contribution < -0.4 is 10.1 Å². The maximum atomic E-state index is 9.75. The van der Waals surface area contributed by atoms with Crippen LogP contribution in [0.15, 0.2) is 84.9 Å². The van der Waals surface area contributed by atoms with Crippen LogP contribution in [0.25, 0.3) is 11.1 Å². The second kappa shape index (κ2) is 10.5. The van der Waals surface area contributed by atoms with Gasteiger partial charge < -0.3 is 15.2 Å². The van der Waals surface area contributed by atoms with Crippen LogP contribution in [0.2, 0.25) is 0 Å². The number of aliphatic hydroxyl groups excluding tert-OH is 1. The van der Waals surface area contributed by atoms with Crippen molar-refractivity contribution < 1.29 is 9.84 Å². The minimum Gasteiger partial charge on any atom is -0.492 e. The first-order chi connectivity index (χ1) is 13.8. The standard InChI is InChI=1S/C25H27NO2/c1-26-17-19-28-23-14-12-22(13-15-23)25(21-10-6-3-7-11-21)24(16-18-27)20-8-4-2-5-9-20/h2-15,26-27H,16-19H2,1H3. The fourth-order valence-electron chi connectivity index (χ4n) is 3.27. The molecule has 3 nitrogen and oxygen atoms in total. The smallest absolute Gasteiger partial charge is 0.119 e. The molecule has 2 N–H and O–H groups in total. The average Bonchev–Trinajstić information content (AvgIpc) is 2.76. The lowest BCUT2D eigenvalue weighted by molar-refractivity contribution is 0.305. The highest BCUT2D eigenvalue weighted by atomic mass is 16.5. The molecule has 0 unspecified atom stereocenters. The van der Waals surface area contributed by atoms with Gasteiger partial charge in [-0.25, -0.2) is 0 Å². The number of benzene rings is 3. The molecular weight excluding hydrogens is 346 g/mol. The van der Waals surface area contributed by atoms with Crippen molar-refractivity contribution in [1.82, 2.24) is 5.32 Å². The lowest BCUT2D eigenvalue weighted by atomic mass is 9.88. The van der Waals surface area contributed by atoms with E-state index in [1.807, 2.05) is 55.6 Å². The molecule has 0 bridgehead atoms. The van der Waals surface area contributed by atoms with Crippen LogP contribution in [0.1, 0.15) is 23.1 Å². The molecular formula is C25H27NO2. The Morgan fingerprint density at radius 2 is 1.36 bits per heavy atom. The van der Waals surface area contributed by atoms with E-state index in [2.05, 4.69) is 41.7 Å². The van der Waals surface area contributed by atoms with E-state index in [0.717, 1.165) is 40.1 Å². The molecule has 0 aliphatic carbocycles. The van der Waals surface area contributed by atoms with Crippen LogP contribution >= 0.6 is 0 Å². The van der Waals surface area contributed by atoms with E-state index in [-0.39, 0.29) is 6.61 Å². The van der Waals surface area contributed by atoms with Crippen molar-refractivity contribution in [1.29, 1.82) is 0 Å². The fraction of sp³-hybridized carbons (Fsp3) is 0.200. The van der Waals surface area contributed by atoms with Gasteiger partial charge >= 0.3 is 0 Å². The van der Waals surface area contributed by atoms with E-state index in [0.29, 0.717) is 13.0 Å². The number of nitrogens with one attached hydrogen (secondary N) is 1. The van der Waals surface area contributed by atoms with Gasteiger partial charge in [0.25, 0.3) is 0 Å². The van der Waals surface area contributed by atoms with Crippen molar-refractivity contribution >= 4 is 11.1 Å². The molecule has 3 heteroatoms. The van der Waals surface area contributed by atoms with E-state index in [1.54, 1.807) is 0 Å². The molecule has 0 saturated carbocycles. The molecule has 0 amide bonds. The van der Waals surface area contributed by atoms with Gasteiger partial charge in [-0.3, -0.25) is 0 Å². The normalized spacial score (nSPS) is 11.8. The number of likely N-dealkylation sites (N-methyl/N-ethyl adjacent to an activating group) is 1. The summed E-state index contributed by atoms with van der Waals surface area (Å²) in [7, 11) is 1.91. The molecule has 0 heterocycles. The third-order valence-electron chi connectivity index (χ3n) is 4.61. The van der Waals surface area contributed by atoms with Crippen LogP contribution in [-0.4, -0.2) is 31.9 Å². The molecule has 0 atom stereocenters. The number of ether oxygens (including phenoxy) is 1. The molecule has 0 saturated heterocycles. The summed E-state index contributed by atoms with van der Waals surface area (Å²) in [4.78, 5) is 0. The molecule has 0 radical (unpaired) electrons. The Bertz CT molecular complexity index is 871. The minimum absolute atomic E-state index is 0.103. The number of rotatable bonds is 9. The van der Waals surface area contributed by atoms with Gasteiger partial charge in [0.15, 0.2) is 0 Å². The Morgan fingerprint density at radius 1 is 0.786 bits per heavy atom. The van der Waals surface area contributed by atoms with Gasteiger partial charge in [0, 0.05) is 13.2 Å². The third-order valence-corrected chi connectivity index (χ3v) is 4.61. The predicted molar refractivity (Wildman–Crippen MR) is 116 cm³/mol. The lowest BCUT2D eigenvalue weighted by Gasteiger charge is -2.17. The fourth-order valence-corrected chi connectivity index (χ4v) is 3.27. The first-order valence-electron chi connectivity index (χ1n) is 9.66. The van der Waals surface area contributed by atoms with Gasteiger partial charge in [-0.2, -0.15) is 0 Å². The zero-order chi connectivity index (χ0) is 19.6. The van der Waals surface area contributed by atoms with E-state index in [1.165, 1.54) is 0 Å². The summed E-state index contributed by atoms with van der Waals surface area (Å²) in [5.74, 6) is 0.856. The quantitative estimate of drug-likeness (QED) is 0.425. The molecule has 28 heavy (non-hydrogen) atoms. The molecule has 0 spiro atoms. The Kier molecular flexibility index (Phi) is 7.42. The molecule has 3 aromatic carbocycles. The third kappa shape index (κ3) is 5.10. The number of hydrogen-bond acceptors (Lipinski definition) is 3. The van der Waals surface area contributed by atoms with Gasteiger partial charge in [-0.05, 0) is 53.4 Å². The maximum Gasteiger partial charge on any atom is 0.119 e. The highest BCUT2D eigenvalue weighted by Gasteiger charge is 2.14. The first kappa shape index (κ1) is 19.9. The van der Waals surface area contributed by atoms with Gasteiger partial charge in [-0.15, -0.1) is 0 Å². The first-order valence-corrected chi connectivity index (χ1v) is 9.66. The Balaban J connectivity index is 2.07. The highest BCUT2D eigenvalue weighted by molar-refractivity contribution is 5.98. The van der Waals surface area contributed by atoms with Gasteiger partial charge in [-0.1, -0.05) is 72.8 Å². The molecule has 3 aromatic rings. The largest absolute Gasteiger partial charge is 0.492 e. The van der Waals surface area contributed by atoms with E-state index in [4.69, 9.17) is 4.74 Å². The Hall–Kier alpha value is -2.88. The minimum atomic E-state index is 0.103. The van der Waals surface area contributed by atoms with Crippen molar-refractivity contribution in [2.75, 3.05) is 26.8 Å². The summed E-state index contributed by atoms with van der Waals surface area (Å²) in [6, 6.07) is 28.8.